The summed E-state index contributed by atoms with van der Waals surface area (Å²) < 4.78 is 15.0. The number of fused-ring (bicyclic) bond motifs is 2. The molecule has 6 heteroatoms. The number of halogens is 1. The second kappa shape index (κ2) is 7.39. The van der Waals surface area contributed by atoms with Gasteiger partial charge >= 0.3 is 0 Å². The quantitative estimate of drug-likeness (QED) is 0.820. The first kappa shape index (κ1) is 19.8. The molecule has 2 aromatic rings. The van der Waals surface area contributed by atoms with E-state index in [9.17, 15) is 14.0 Å². The molecule has 0 radical (unpaired) electrons. The molecule has 29 heavy (non-hydrogen) atoms. The third-order valence-corrected chi connectivity index (χ3v) is 6.22. The molecule has 0 spiro atoms. The fourth-order valence-electron chi connectivity index (χ4n) is 4.54. The molecule has 0 aliphatic heterocycles. The molecule has 154 valence electrons. The van der Waals surface area contributed by atoms with Crippen LogP contribution < -0.4 is 5.32 Å². The Morgan fingerprint density at radius 1 is 1.14 bits per heavy atom. The smallest absolute Gasteiger partial charge is 0.228 e. The number of rotatable bonds is 3. The highest BCUT2D eigenvalue weighted by atomic mass is 19.1. The van der Waals surface area contributed by atoms with Gasteiger partial charge in [-0.2, -0.15) is 5.10 Å². The van der Waals surface area contributed by atoms with Gasteiger partial charge in [0.15, 0.2) is 0 Å². The first-order chi connectivity index (χ1) is 13.7. The number of hydrogen-bond donors (Lipinski definition) is 1. The summed E-state index contributed by atoms with van der Waals surface area (Å²) >= 11 is 0. The number of aromatic nitrogens is 2. The zero-order chi connectivity index (χ0) is 20.8. The van der Waals surface area contributed by atoms with Crippen LogP contribution in [-0.2, 0) is 15.0 Å². The van der Waals surface area contributed by atoms with Gasteiger partial charge in [-0.25, -0.2) is 9.07 Å². The lowest BCUT2D eigenvalue weighted by Crippen LogP contribution is -2.40. The average molecular weight is 397 g/mol. The predicted molar refractivity (Wildman–Crippen MR) is 109 cm³/mol. The number of carbonyl (C=O) groups excluding carboxylic acids is 2. The summed E-state index contributed by atoms with van der Waals surface area (Å²) in [6, 6.07) is 7.94. The zero-order valence-electron chi connectivity index (χ0n) is 17.2. The maximum absolute atomic E-state index is 13.4. The monoisotopic (exact) mass is 397 g/mol. The van der Waals surface area contributed by atoms with E-state index >= 15 is 0 Å². The van der Waals surface area contributed by atoms with Crippen molar-refractivity contribution in [3.8, 4) is 5.69 Å². The highest BCUT2D eigenvalue weighted by Crippen LogP contribution is 2.40. The Balaban J connectivity index is 1.60. The summed E-state index contributed by atoms with van der Waals surface area (Å²) in [7, 11) is 0. The Morgan fingerprint density at radius 3 is 2.34 bits per heavy atom. The van der Waals surface area contributed by atoms with E-state index in [0.29, 0.717) is 30.1 Å². The molecule has 1 aromatic carbocycles. The first-order valence-corrected chi connectivity index (χ1v) is 10.4. The molecule has 2 fully saturated rings. The standard InChI is InChI=1S/C23H28FN3O2/c1-23(2,3)19-13-20(27(26-19)18-9-7-17(24)8-10-18)25-22(29)16-11-14-5-4-6-15(12-16)21(14)28/h7-10,13-16H,4-6,11-12H2,1-3H3,(H,25,29). The Bertz CT molecular complexity index is 911. The van der Waals surface area contributed by atoms with Crippen molar-refractivity contribution in [2.75, 3.05) is 5.32 Å². The van der Waals surface area contributed by atoms with Crippen LogP contribution in [0.15, 0.2) is 30.3 Å². The number of amides is 1. The third-order valence-electron chi connectivity index (χ3n) is 6.22. The van der Waals surface area contributed by atoms with Gasteiger partial charge in [-0.15, -0.1) is 0 Å². The van der Waals surface area contributed by atoms with Crippen molar-refractivity contribution in [2.24, 2.45) is 17.8 Å². The minimum absolute atomic E-state index is 0.0328. The average Bonchev–Trinajstić information content (AvgIpc) is 3.06. The Hall–Kier alpha value is -2.50. The lowest BCUT2D eigenvalue weighted by Gasteiger charge is -2.36. The van der Waals surface area contributed by atoms with Gasteiger partial charge < -0.3 is 5.32 Å². The first-order valence-electron chi connectivity index (χ1n) is 10.4. The fourth-order valence-corrected chi connectivity index (χ4v) is 4.54. The van der Waals surface area contributed by atoms with Gasteiger partial charge in [0.2, 0.25) is 5.91 Å². The van der Waals surface area contributed by atoms with E-state index in [0.717, 1.165) is 25.0 Å². The molecule has 4 rings (SSSR count). The van der Waals surface area contributed by atoms with Crippen LogP contribution in [0.4, 0.5) is 10.2 Å². The molecule has 2 saturated carbocycles. The van der Waals surface area contributed by atoms with Crippen LogP contribution in [0, 0.1) is 23.6 Å². The predicted octanol–water partition coefficient (Wildman–Crippen LogP) is 4.64. The molecule has 2 bridgehead atoms. The van der Waals surface area contributed by atoms with E-state index in [1.165, 1.54) is 12.1 Å². The highest BCUT2D eigenvalue weighted by molar-refractivity contribution is 5.94. The summed E-state index contributed by atoms with van der Waals surface area (Å²) in [5.74, 6) is 0.466. The summed E-state index contributed by atoms with van der Waals surface area (Å²) in [4.78, 5) is 25.4. The second-order valence-corrected chi connectivity index (χ2v) is 9.44. The summed E-state index contributed by atoms with van der Waals surface area (Å²) in [5.41, 5.74) is 1.33. The van der Waals surface area contributed by atoms with Crippen LogP contribution >= 0.6 is 0 Å². The number of nitrogens with one attached hydrogen (secondary N) is 1. The van der Waals surface area contributed by atoms with E-state index < -0.39 is 0 Å². The second-order valence-electron chi connectivity index (χ2n) is 9.44. The van der Waals surface area contributed by atoms with Crippen LogP contribution in [0.25, 0.3) is 5.69 Å². The Morgan fingerprint density at radius 2 is 1.76 bits per heavy atom. The number of ketones is 1. The van der Waals surface area contributed by atoms with Gasteiger partial charge in [0.25, 0.3) is 0 Å². The van der Waals surface area contributed by atoms with Crippen molar-refractivity contribution >= 4 is 17.5 Å². The fraction of sp³-hybridized carbons (Fsp3) is 0.522. The molecular formula is C23H28FN3O2. The molecular weight excluding hydrogens is 369 g/mol. The molecule has 2 atom stereocenters. The van der Waals surface area contributed by atoms with Crippen molar-refractivity contribution in [3.63, 3.8) is 0 Å². The van der Waals surface area contributed by atoms with Crippen LogP contribution in [0.5, 0.6) is 0 Å². The van der Waals surface area contributed by atoms with Crippen molar-refractivity contribution in [1.82, 2.24) is 9.78 Å². The minimum atomic E-state index is -0.319. The van der Waals surface area contributed by atoms with Crippen molar-refractivity contribution in [2.45, 2.75) is 58.3 Å². The maximum atomic E-state index is 13.4. The van der Waals surface area contributed by atoms with E-state index in [1.807, 2.05) is 6.07 Å². The van der Waals surface area contributed by atoms with Gasteiger partial charge in [-0.3, -0.25) is 9.59 Å². The zero-order valence-corrected chi connectivity index (χ0v) is 17.2. The van der Waals surface area contributed by atoms with Crippen molar-refractivity contribution in [3.05, 3.63) is 41.8 Å². The number of hydrogen-bond acceptors (Lipinski definition) is 3. The van der Waals surface area contributed by atoms with Gasteiger partial charge in [0.1, 0.15) is 17.4 Å². The molecule has 2 aliphatic rings. The van der Waals surface area contributed by atoms with Gasteiger partial charge in [0, 0.05) is 29.2 Å². The van der Waals surface area contributed by atoms with E-state index in [4.69, 9.17) is 0 Å². The van der Waals surface area contributed by atoms with Gasteiger partial charge in [0.05, 0.1) is 11.4 Å². The molecule has 1 heterocycles. The third kappa shape index (κ3) is 3.98. The van der Waals surface area contributed by atoms with Crippen LogP contribution in [0.1, 0.15) is 58.6 Å². The highest BCUT2D eigenvalue weighted by Gasteiger charge is 2.41. The summed E-state index contributed by atoms with van der Waals surface area (Å²) in [6.07, 6.45) is 4.17. The maximum Gasteiger partial charge on any atom is 0.228 e. The Labute approximate surface area is 170 Å². The minimum Gasteiger partial charge on any atom is -0.310 e. The Kier molecular flexibility index (Phi) is 5.05. The molecule has 2 unspecified atom stereocenters. The van der Waals surface area contributed by atoms with Crippen LogP contribution in [-0.4, -0.2) is 21.5 Å². The molecule has 5 nitrogen and oxygen atoms in total. The number of anilines is 1. The number of benzene rings is 1. The van der Waals surface area contributed by atoms with Gasteiger partial charge in [-0.1, -0.05) is 27.2 Å². The number of Topliss-reactive ketones (excluding diaryl/α,β-unsaturated/α-hetero) is 1. The topological polar surface area (TPSA) is 64.0 Å². The molecule has 1 N–H and O–H groups in total. The lowest BCUT2D eigenvalue weighted by molar-refractivity contribution is -0.136. The van der Waals surface area contributed by atoms with Crippen molar-refractivity contribution < 1.29 is 14.0 Å². The molecule has 2 aliphatic carbocycles. The number of carbonyl (C=O) groups is 2. The SMILES string of the molecule is CC(C)(C)c1cc(NC(=O)C2CC3CCCC(C2)C3=O)n(-c2ccc(F)cc2)n1. The largest absolute Gasteiger partial charge is 0.310 e. The van der Waals surface area contributed by atoms with Crippen molar-refractivity contribution in [1.29, 1.82) is 0 Å². The van der Waals surface area contributed by atoms with Gasteiger partial charge in [-0.05, 0) is 49.9 Å². The molecule has 1 amide bonds. The molecule has 1 aromatic heterocycles. The normalized spacial score (nSPS) is 24.4. The lowest BCUT2D eigenvalue weighted by atomic mass is 9.67. The molecule has 0 saturated heterocycles. The van der Waals surface area contributed by atoms with Crippen LogP contribution in [0.2, 0.25) is 0 Å². The van der Waals surface area contributed by atoms with E-state index in [-0.39, 0.29) is 34.9 Å². The van der Waals surface area contributed by atoms with Crippen LogP contribution in [0.3, 0.4) is 0 Å². The summed E-state index contributed by atoms with van der Waals surface area (Å²) in [5, 5.41) is 7.72. The summed E-state index contributed by atoms with van der Waals surface area (Å²) in [6.45, 7) is 6.18. The van der Waals surface area contributed by atoms with E-state index in [2.05, 4.69) is 31.2 Å². The number of nitrogens with zero attached hydrogens (tertiary/aromatic N) is 2. The van der Waals surface area contributed by atoms with E-state index in [1.54, 1.807) is 16.8 Å².